The molecule has 9 heteroatoms. The van der Waals surface area contributed by atoms with Crippen LogP contribution < -0.4 is 15.0 Å². The van der Waals surface area contributed by atoms with E-state index < -0.39 is 29.9 Å². The highest BCUT2D eigenvalue weighted by Gasteiger charge is 2.36. The normalized spacial score (nSPS) is 16.6. The van der Waals surface area contributed by atoms with Crippen molar-refractivity contribution in [1.82, 2.24) is 5.32 Å². The summed E-state index contributed by atoms with van der Waals surface area (Å²) in [5.74, 6) is -2.33. The molecular formula is C20H15BrN2O6. The summed E-state index contributed by atoms with van der Waals surface area (Å²) >= 11 is 3.28. The molecule has 0 bridgehead atoms. The molecular weight excluding hydrogens is 444 g/mol. The summed E-state index contributed by atoms with van der Waals surface area (Å²) in [6, 6.07) is 11.9. The van der Waals surface area contributed by atoms with E-state index in [4.69, 9.17) is 9.84 Å². The highest BCUT2D eigenvalue weighted by Crippen LogP contribution is 2.25. The van der Waals surface area contributed by atoms with Crippen LogP contribution in [0.25, 0.3) is 6.08 Å². The van der Waals surface area contributed by atoms with Gasteiger partial charge in [-0.2, -0.15) is 0 Å². The van der Waals surface area contributed by atoms with E-state index in [1.54, 1.807) is 36.4 Å². The minimum absolute atomic E-state index is 0.211. The van der Waals surface area contributed by atoms with Crippen molar-refractivity contribution >= 4 is 51.5 Å². The summed E-state index contributed by atoms with van der Waals surface area (Å²) in [5, 5.41) is 11.0. The van der Waals surface area contributed by atoms with Gasteiger partial charge in [-0.3, -0.25) is 14.9 Å². The van der Waals surface area contributed by atoms with Crippen LogP contribution in [0.3, 0.4) is 0 Å². The number of barbiturate groups is 1. The Bertz CT molecular complexity index is 1030. The number of nitrogens with zero attached hydrogens (tertiary/aromatic N) is 1. The number of nitrogens with one attached hydrogen (secondary N) is 1. The second-order valence-electron chi connectivity index (χ2n) is 6.11. The number of carboxylic acid groups (broad SMARTS) is 1. The van der Waals surface area contributed by atoms with E-state index in [1.165, 1.54) is 25.1 Å². The number of hydrogen-bond donors (Lipinski definition) is 2. The monoisotopic (exact) mass is 458 g/mol. The number of imide groups is 2. The largest absolute Gasteiger partial charge is 0.479 e. The van der Waals surface area contributed by atoms with Crippen molar-refractivity contribution < 1.29 is 29.0 Å². The molecule has 1 heterocycles. The zero-order valence-electron chi connectivity index (χ0n) is 15.1. The fourth-order valence-corrected chi connectivity index (χ4v) is 2.96. The van der Waals surface area contributed by atoms with Crippen LogP contribution in [-0.4, -0.2) is 35.0 Å². The molecule has 2 N–H and O–H groups in total. The van der Waals surface area contributed by atoms with Crippen LogP contribution in [0.4, 0.5) is 10.5 Å². The molecule has 1 aliphatic rings. The fraction of sp³-hybridized carbons (Fsp3) is 0.100. The Kier molecular flexibility index (Phi) is 5.79. The lowest BCUT2D eigenvalue weighted by atomic mass is 10.1. The first kappa shape index (κ1) is 20.3. The number of halogens is 1. The first-order chi connectivity index (χ1) is 13.8. The van der Waals surface area contributed by atoms with Gasteiger partial charge in [0.25, 0.3) is 11.8 Å². The molecule has 2 aromatic rings. The Morgan fingerprint density at radius 2 is 1.86 bits per heavy atom. The van der Waals surface area contributed by atoms with E-state index in [0.29, 0.717) is 21.5 Å². The Morgan fingerprint density at radius 3 is 2.48 bits per heavy atom. The molecule has 2 aromatic carbocycles. The maximum absolute atomic E-state index is 12.8. The molecule has 1 atom stereocenters. The third-order valence-electron chi connectivity index (χ3n) is 4.02. The SMILES string of the molecule is CC(Oc1ccc(C=C2C(=O)NC(=O)N(c3cccc(Br)c3)C2=O)cc1)C(=O)O. The number of carbonyl (C=O) groups excluding carboxylic acids is 3. The molecule has 0 saturated carbocycles. The van der Waals surface area contributed by atoms with E-state index >= 15 is 0 Å². The first-order valence-electron chi connectivity index (χ1n) is 8.43. The fourth-order valence-electron chi connectivity index (χ4n) is 2.57. The lowest BCUT2D eigenvalue weighted by Gasteiger charge is -2.26. The second-order valence-corrected chi connectivity index (χ2v) is 7.02. The van der Waals surface area contributed by atoms with Crippen LogP contribution in [0.1, 0.15) is 12.5 Å². The van der Waals surface area contributed by atoms with Gasteiger partial charge in [0.1, 0.15) is 11.3 Å². The maximum atomic E-state index is 12.8. The van der Waals surface area contributed by atoms with Gasteiger partial charge in [0, 0.05) is 4.47 Å². The number of rotatable bonds is 5. The van der Waals surface area contributed by atoms with Crippen LogP contribution in [-0.2, 0) is 14.4 Å². The summed E-state index contributed by atoms with van der Waals surface area (Å²) in [5.41, 5.74) is 0.603. The zero-order valence-corrected chi connectivity index (χ0v) is 16.7. The smallest absolute Gasteiger partial charge is 0.344 e. The standard InChI is InChI=1S/C20H15BrN2O6/c1-11(19(26)27)29-15-7-5-12(6-8-15)9-16-17(24)22-20(28)23(18(16)25)14-4-2-3-13(21)10-14/h2-11H,1H3,(H,26,27)(H,22,24,28). The second kappa shape index (κ2) is 8.27. The highest BCUT2D eigenvalue weighted by atomic mass is 79.9. The maximum Gasteiger partial charge on any atom is 0.344 e. The van der Waals surface area contributed by atoms with Crippen LogP contribution in [0.15, 0.2) is 58.6 Å². The number of aliphatic carboxylic acids is 1. The minimum Gasteiger partial charge on any atom is -0.479 e. The molecule has 0 aliphatic carbocycles. The lowest BCUT2D eigenvalue weighted by Crippen LogP contribution is -2.54. The predicted molar refractivity (Wildman–Crippen MR) is 107 cm³/mol. The molecule has 1 unspecified atom stereocenters. The van der Waals surface area contributed by atoms with Crippen molar-refractivity contribution in [2.24, 2.45) is 0 Å². The van der Waals surface area contributed by atoms with E-state index in [1.807, 2.05) is 0 Å². The Labute approximate surface area is 173 Å². The number of amides is 4. The van der Waals surface area contributed by atoms with Crippen LogP contribution in [0.2, 0.25) is 0 Å². The quantitative estimate of drug-likeness (QED) is 0.525. The van der Waals surface area contributed by atoms with Gasteiger partial charge >= 0.3 is 12.0 Å². The van der Waals surface area contributed by atoms with Gasteiger partial charge in [-0.05, 0) is 48.9 Å². The van der Waals surface area contributed by atoms with E-state index in [0.717, 1.165) is 4.90 Å². The molecule has 3 rings (SSSR count). The number of carboxylic acids is 1. The Hall–Kier alpha value is -3.46. The van der Waals surface area contributed by atoms with Crippen LogP contribution >= 0.6 is 15.9 Å². The third kappa shape index (κ3) is 4.52. The average Bonchev–Trinajstić information content (AvgIpc) is 2.66. The van der Waals surface area contributed by atoms with Crippen molar-refractivity contribution in [3.8, 4) is 5.75 Å². The molecule has 0 spiro atoms. The molecule has 4 amide bonds. The van der Waals surface area contributed by atoms with Crippen LogP contribution in [0.5, 0.6) is 5.75 Å². The predicted octanol–water partition coefficient (Wildman–Crippen LogP) is 2.97. The topological polar surface area (TPSA) is 113 Å². The van der Waals surface area contributed by atoms with Crippen molar-refractivity contribution in [2.75, 3.05) is 4.90 Å². The van der Waals surface area contributed by atoms with Gasteiger partial charge in [-0.15, -0.1) is 0 Å². The lowest BCUT2D eigenvalue weighted by molar-refractivity contribution is -0.144. The van der Waals surface area contributed by atoms with Crippen molar-refractivity contribution in [2.45, 2.75) is 13.0 Å². The van der Waals surface area contributed by atoms with Gasteiger partial charge in [0.05, 0.1) is 5.69 Å². The Morgan fingerprint density at radius 1 is 1.17 bits per heavy atom. The first-order valence-corrected chi connectivity index (χ1v) is 9.22. The number of benzene rings is 2. The Balaban J connectivity index is 1.87. The van der Waals surface area contributed by atoms with E-state index in [-0.39, 0.29) is 5.57 Å². The molecule has 148 valence electrons. The molecule has 1 fully saturated rings. The number of ether oxygens (including phenoxy) is 1. The summed E-state index contributed by atoms with van der Waals surface area (Å²) in [6.07, 6.45) is 0.328. The molecule has 1 aliphatic heterocycles. The zero-order chi connectivity index (χ0) is 21.1. The molecule has 0 radical (unpaired) electrons. The third-order valence-corrected chi connectivity index (χ3v) is 4.51. The molecule has 29 heavy (non-hydrogen) atoms. The number of hydrogen-bond acceptors (Lipinski definition) is 5. The van der Waals surface area contributed by atoms with Gasteiger partial charge in [0.2, 0.25) is 0 Å². The summed E-state index contributed by atoms with van der Waals surface area (Å²) in [6.45, 7) is 1.40. The van der Waals surface area contributed by atoms with E-state index in [9.17, 15) is 19.2 Å². The van der Waals surface area contributed by atoms with Gasteiger partial charge in [-0.25, -0.2) is 14.5 Å². The highest BCUT2D eigenvalue weighted by molar-refractivity contribution is 9.10. The number of anilines is 1. The average molecular weight is 459 g/mol. The van der Waals surface area contributed by atoms with Crippen LogP contribution in [0, 0.1) is 0 Å². The van der Waals surface area contributed by atoms with Crippen molar-refractivity contribution in [1.29, 1.82) is 0 Å². The molecule has 1 saturated heterocycles. The number of urea groups is 1. The van der Waals surface area contributed by atoms with Gasteiger partial charge in [0.15, 0.2) is 6.10 Å². The molecule has 8 nitrogen and oxygen atoms in total. The summed E-state index contributed by atoms with van der Waals surface area (Å²) < 4.78 is 5.91. The minimum atomic E-state index is -1.10. The molecule has 0 aromatic heterocycles. The number of carbonyl (C=O) groups is 4. The van der Waals surface area contributed by atoms with Crippen molar-refractivity contribution in [3.05, 3.63) is 64.1 Å². The van der Waals surface area contributed by atoms with Crippen molar-refractivity contribution in [3.63, 3.8) is 0 Å². The van der Waals surface area contributed by atoms with Gasteiger partial charge in [-0.1, -0.05) is 34.1 Å². The van der Waals surface area contributed by atoms with Gasteiger partial charge < -0.3 is 9.84 Å². The summed E-state index contributed by atoms with van der Waals surface area (Å²) in [4.78, 5) is 48.9. The van der Waals surface area contributed by atoms with E-state index in [2.05, 4.69) is 21.2 Å². The summed E-state index contributed by atoms with van der Waals surface area (Å²) in [7, 11) is 0.